The van der Waals surface area contributed by atoms with Gasteiger partial charge in [0.25, 0.3) is 11.8 Å². The lowest BCUT2D eigenvalue weighted by Crippen LogP contribution is -2.50. The van der Waals surface area contributed by atoms with Crippen LogP contribution in [0, 0.1) is 11.3 Å². The van der Waals surface area contributed by atoms with Crippen molar-refractivity contribution in [2.75, 3.05) is 37.6 Å². The van der Waals surface area contributed by atoms with Crippen molar-refractivity contribution in [2.45, 2.75) is 71.6 Å². The average Bonchev–Trinajstić information content (AvgIpc) is 3.07. The van der Waals surface area contributed by atoms with Gasteiger partial charge in [-0.15, -0.1) is 0 Å². The summed E-state index contributed by atoms with van der Waals surface area (Å²) in [6.07, 6.45) is -1.32. The van der Waals surface area contributed by atoms with Crippen LogP contribution in [0.15, 0.2) is 29.3 Å². The Labute approximate surface area is 227 Å². The number of piperazine rings is 1. The number of halogens is 3. The molecule has 11 heteroatoms. The molecule has 8 nitrogen and oxygen atoms in total. The molecule has 39 heavy (non-hydrogen) atoms. The summed E-state index contributed by atoms with van der Waals surface area (Å²) < 4.78 is 45.5. The van der Waals surface area contributed by atoms with Gasteiger partial charge in [-0.3, -0.25) is 14.5 Å². The fourth-order valence-corrected chi connectivity index (χ4v) is 4.69. The van der Waals surface area contributed by atoms with Crippen LogP contribution in [-0.2, 0) is 20.5 Å². The van der Waals surface area contributed by atoms with E-state index in [0.29, 0.717) is 37.6 Å². The number of alkyl halides is 3. The quantitative estimate of drug-likeness (QED) is 0.325. The first-order valence-electron chi connectivity index (χ1n) is 13.1. The maximum absolute atomic E-state index is 13.4. The van der Waals surface area contributed by atoms with Crippen LogP contribution >= 0.6 is 0 Å². The van der Waals surface area contributed by atoms with E-state index in [1.165, 1.54) is 19.1 Å². The number of unbranched alkanes of at least 4 members (excludes halogenated alkanes) is 3. The van der Waals surface area contributed by atoms with Crippen molar-refractivity contribution in [2.24, 2.45) is 0 Å². The van der Waals surface area contributed by atoms with Crippen LogP contribution in [0.25, 0.3) is 0 Å². The number of rotatable bonds is 8. The van der Waals surface area contributed by atoms with Gasteiger partial charge in [-0.05, 0) is 71.7 Å². The summed E-state index contributed by atoms with van der Waals surface area (Å²) >= 11 is 0. The predicted molar refractivity (Wildman–Crippen MR) is 139 cm³/mol. The highest BCUT2D eigenvalue weighted by Gasteiger charge is 2.39. The van der Waals surface area contributed by atoms with Gasteiger partial charge >= 0.3 is 12.3 Å². The molecule has 2 heterocycles. The van der Waals surface area contributed by atoms with Gasteiger partial charge in [-0.2, -0.15) is 18.4 Å². The number of hydrogen-bond acceptors (Lipinski definition) is 6. The van der Waals surface area contributed by atoms with E-state index in [0.717, 1.165) is 49.9 Å². The Morgan fingerprint density at radius 1 is 1.00 bits per heavy atom. The first kappa shape index (κ1) is 30.2. The van der Waals surface area contributed by atoms with E-state index in [2.05, 4.69) is 4.90 Å². The largest absolute Gasteiger partial charge is 0.444 e. The highest BCUT2D eigenvalue weighted by Crippen LogP contribution is 2.37. The Balaban J connectivity index is 1.44. The van der Waals surface area contributed by atoms with Crippen LogP contribution in [0.1, 0.15) is 70.9 Å². The van der Waals surface area contributed by atoms with Crippen molar-refractivity contribution < 1.29 is 32.3 Å². The second-order valence-electron chi connectivity index (χ2n) is 10.9. The van der Waals surface area contributed by atoms with Gasteiger partial charge in [-0.25, -0.2) is 9.69 Å². The Bertz CT molecular complexity index is 1170. The molecular formula is C28H35F3N4O4. The molecule has 2 aliphatic rings. The Hall–Kier alpha value is -3.39. The lowest BCUT2D eigenvalue weighted by atomic mass is 10.0. The van der Waals surface area contributed by atoms with Crippen molar-refractivity contribution >= 4 is 23.6 Å². The molecule has 0 spiro atoms. The summed E-state index contributed by atoms with van der Waals surface area (Å²) in [4.78, 5) is 42.7. The topological polar surface area (TPSA) is 93.9 Å². The minimum atomic E-state index is -4.79. The normalized spacial score (nSPS) is 17.2. The molecule has 1 aromatic rings. The average molecular weight is 549 g/mol. The molecule has 0 aromatic heterocycles. The molecule has 0 aliphatic carbocycles. The van der Waals surface area contributed by atoms with Crippen molar-refractivity contribution in [1.29, 1.82) is 5.26 Å². The number of hydrogen-bond donors (Lipinski definition) is 0. The van der Waals surface area contributed by atoms with E-state index in [4.69, 9.17) is 10.00 Å². The van der Waals surface area contributed by atoms with Gasteiger partial charge in [0.05, 0.1) is 22.9 Å². The maximum Gasteiger partial charge on any atom is 0.417 e. The first-order chi connectivity index (χ1) is 18.2. The van der Waals surface area contributed by atoms with Crippen LogP contribution < -0.4 is 4.90 Å². The number of nitriles is 1. The predicted octanol–water partition coefficient (Wildman–Crippen LogP) is 5.27. The minimum absolute atomic E-state index is 0.197. The summed E-state index contributed by atoms with van der Waals surface area (Å²) in [7, 11) is 0. The highest BCUT2D eigenvalue weighted by molar-refractivity contribution is 6.32. The molecule has 0 saturated carbocycles. The smallest absolute Gasteiger partial charge is 0.417 e. The third-order valence-electron chi connectivity index (χ3n) is 6.80. The monoisotopic (exact) mass is 548 g/mol. The maximum atomic E-state index is 13.4. The summed E-state index contributed by atoms with van der Waals surface area (Å²) in [5, 5.41) is 9.00. The van der Waals surface area contributed by atoms with Crippen LogP contribution in [0.3, 0.4) is 0 Å². The first-order valence-corrected chi connectivity index (χ1v) is 13.1. The lowest BCUT2D eigenvalue weighted by Gasteiger charge is -2.35. The zero-order valence-corrected chi connectivity index (χ0v) is 22.9. The minimum Gasteiger partial charge on any atom is -0.444 e. The summed E-state index contributed by atoms with van der Waals surface area (Å²) in [5.41, 5.74) is -1.91. The van der Waals surface area contributed by atoms with Gasteiger partial charge in [0, 0.05) is 37.3 Å². The Kier molecular flexibility index (Phi) is 9.43. The molecule has 3 rings (SSSR count). The van der Waals surface area contributed by atoms with E-state index in [1.807, 2.05) is 20.8 Å². The molecule has 2 aliphatic heterocycles. The molecule has 3 amide bonds. The number of imide groups is 1. The number of benzene rings is 1. The van der Waals surface area contributed by atoms with Crippen molar-refractivity contribution in [3.8, 4) is 6.07 Å². The number of carbonyl (C=O) groups excluding carboxylic acids is 3. The molecule has 0 atom stereocenters. The van der Waals surface area contributed by atoms with E-state index >= 15 is 0 Å². The SMILES string of the molecule is CC1=C(CCCCCCN2CCN(C(=O)OC(C)(C)C)CC2)C(=O)N(c2ccc(C#N)c(C(F)(F)F)c2)C1=O. The van der Waals surface area contributed by atoms with E-state index < -0.39 is 34.7 Å². The standard InChI is InChI=1S/C28H35F3N4O4/c1-19-22(25(37)35(24(19)36)21-11-10-20(18-32)23(17-21)28(29,30)31)9-7-5-6-8-12-33-13-15-34(16-14-33)26(38)39-27(2,3)4/h10-11,17H,5-9,12-16H2,1-4H3. The highest BCUT2D eigenvalue weighted by atomic mass is 19.4. The van der Waals surface area contributed by atoms with Crippen molar-refractivity contribution in [1.82, 2.24) is 9.80 Å². The molecular weight excluding hydrogens is 513 g/mol. The summed E-state index contributed by atoms with van der Waals surface area (Å²) in [6.45, 7) is 10.8. The Morgan fingerprint density at radius 3 is 2.23 bits per heavy atom. The van der Waals surface area contributed by atoms with Crippen LogP contribution in [-0.4, -0.2) is 66.0 Å². The van der Waals surface area contributed by atoms with E-state index in [9.17, 15) is 27.6 Å². The fourth-order valence-electron chi connectivity index (χ4n) is 4.69. The summed E-state index contributed by atoms with van der Waals surface area (Å²) in [5.74, 6) is -1.25. The van der Waals surface area contributed by atoms with E-state index in [-0.39, 0.29) is 17.4 Å². The van der Waals surface area contributed by atoms with Gasteiger partial charge in [-0.1, -0.05) is 12.8 Å². The molecule has 1 aromatic carbocycles. The van der Waals surface area contributed by atoms with Gasteiger partial charge in [0.15, 0.2) is 0 Å². The third-order valence-corrected chi connectivity index (χ3v) is 6.80. The second kappa shape index (κ2) is 12.2. The number of carbonyl (C=O) groups is 3. The van der Waals surface area contributed by atoms with Crippen molar-refractivity contribution in [3.05, 3.63) is 40.5 Å². The number of anilines is 1. The molecule has 0 unspecified atom stereocenters. The van der Waals surface area contributed by atoms with Crippen molar-refractivity contribution in [3.63, 3.8) is 0 Å². The Morgan fingerprint density at radius 2 is 1.64 bits per heavy atom. The zero-order chi connectivity index (χ0) is 29.0. The zero-order valence-electron chi connectivity index (χ0n) is 22.9. The molecule has 0 radical (unpaired) electrons. The van der Waals surface area contributed by atoms with Crippen LogP contribution in [0.4, 0.5) is 23.7 Å². The van der Waals surface area contributed by atoms with Gasteiger partial charge < -0.3 is 9.64 Å². The third kappa shape index (κ3) is 7.60. The van der Waals surface area contributed by atoms with Gasteiger partial charge in [0.1, 0.15) is 5.60 Å². The number of nitrogens with zero attached hydrogens (tertiary/aromatic N) is 4. The summed E-state index contributed by atoms with van der Waals surface area (Å²) in [6, 6.07) is 4.34. The van der Waals surface area contributed by atoms with E-state index in [1.54, 1.807) is 4.90 Å². The van der Waals surface area contributed by atoms with Gasteiger partial charge in [0.2, 0.25) is 0 Å². The second-order valence-corrected chi connectivity index (χ2v) is 10.9. The molecule has 1 fully saturated rings. The number of amides is 3. The molecule has 1 saturated heterocycles. The van der Waals surface area contributed by atoms with Crippen LogP contribution in [0.2, 0.25) is 0 Å². The molecule has 212 valence electrons. The fraction of sp³-hybridized carbons (Fsp3) is 0.571. The number of ether oxygens (including phenoxy) is 1. The lowest BCUT2D eigenvalue weighted by molar-refractivity contribution is -0.138. The van der Waals surface area contributed by atoms with Crippen LogP contribution in [0.5, 0.6) is 0 Å². The molecule has 0 bridgehead atoms. The molecule has 0 N–H and O–H groups in total.